The maximum atomic E-state index is 13.6. The van der Waals surface area contributed by atoms with E-state index in [1.807, 2.05) is 0 Å². The molecule has 2 rings (SSSR count). The van der Waals surface area contributed by atoms with Crippen LogP contribution in [0.1, 0.15) is 158 Å². The summed E-state index contributed by atoms with van der Waals surface area (Å²) in [6, 6.07) is 0. The highest BCUT2D eigenvalue weighted by atomic mass is 16.8. The number of ether oxygens (including phenoxy) is 12. The van der Waals surface area contributed by atoms with E-state index in [-0.39, 0.29) is 51.4 Å². The Morgan fingerprint density at radius 2 is 0.543 bits per heavy atom. The van der Waals surface area contributed by atoms with Crippen molar-refractivity contribution < 1.29 is 105 Å². The molecule has 0 N–H and O–H groups in total. The number of rotatable bonds is 30. The van der Waals surface area contributed by atoms with Gasteiger partial charge in [-0.05, 0) is 51.4 Å². The van der Waals surface area contributed by atoms with Crippen LogP contribution in [0.3, 0.4) is 0 Å². The van der Waals surface area contributed by atoms with Gasteiger partial charge in [-0.3, -0.25) is 38.4 Å². The normalized spacial score (nSPS) is 24.0. The van der Waals surface area contributed by atoms with Crippen LogP contribution >= 0.6 is 0 Å². The van der Waals surface area contributed by atoms with Crippen molar-refractivity contribution in [3.8, 4) is 0 Å². The molecule has 2 aliphatic rings. The van der Waals surface area contributed by atoms with E-state index in [2.05, 4.69) is 0 Å². The zero-order valence-corrected chi connectivity index (χ0v) is 41.6. The molecule has 22 nitrogen and oxygen atoms in total. The van der Waals surface area contributed by atoms with Crippen LogP contribution in [0, 0.1) is 0 Å². The molecule has 0 radical (unpaired) electrons. The number of carbonyl (C=O) groups excluding carboxylic acids is 10. The molecule has 0 aromatic rings. The molecule has 0 aromatic carbocycles. The lowest BCUT2D eigenvalue weighted by Crippen LogP contribution is -2.63. The van der Waals surface area contributed by atoms with Gasteiger partial charge < -0.3 is 56.8 Å². The summed E-state index contributed by atoms with van der Waals surface area (Å²) in [6.07, 6.45) is -13.3. The van der Waals surface area contributed by atoms with Crippen LogP contribution < -0.4 is 0 Å². The third kappa shape index (κ3) is 21.2. The summed E-state index contributed by atoms with van der Waals surface area (Å²) in [7, 11) is 0. The quantitative estimate of drug-likeness (QED) is 0.0518. The van der Waals surface area contributed by atoms with E-state index >= 15 is 0 Å². The fourth-order valence-corrected chi connectivity index (χ4v) is 6.85. The molecule has 2 saturated heterocycles. The topological polar surface area (TPSA) is 281 Å². The Bertz CT molecular complexity index is 1640. The summed E-state index contributed by atoms with van der Waals surface area (Å²) in [5.41, 5.74) is 0. The molecule has 10 atom stereocenters. The highest BCUT2D eigenvalue weighted by molar-refractivity contribution is 5.91. The second-order valence-electron chi connectivity index (χ2n) is 16.4. The van der Waals surface area contributed by atoms with Crippen molar-refractivity contribution in [1.82, 2.24) is 0 Å². The Morgan fingerprint density at radius 1 is 0.314 bits per heavy atom. The number of carbonyl (C=O) groups is 10. The zero-order chi connectivity index (χ0) is 52.2. The maximum absolute atomic E-state index is 13.6. The lowest BCUT2D eigenvalue weighted by atomic mass is 9.97. The molecule has 0 bridgehead atoms. The first kappa shape index (κ1) is 60.5. The van der Waals surface area contributed by atoms with Gasteiger partial charge in [0.15, 0.2) is 24.4 Å². The van der Waals surface area contributed by atoms with Crippen molar-refractivity contribution >= 4 is 59.7 Å². The largest absolute Gasteiger partial charge is 0.463 e. The van der Waals surface area contributed by atoms with Crippen LogP contribution in [0.25, 0.3) is 0 Å². The van der Waals surface area contributed by atoms with Gasteiger partial charge in [0.05, 0.1) is 0 Å². The Hall–Kier alpha value is -5.64. The molecule has 2 fully saturated rings. The highest BCUT2D eigenvalue weighted by Gasteiger charge is 2.56. The highest BCUT2D eigenvalue weighted by Crippen LogP contribution is 2.33. The van der Waals surface area contributed by atoms with E-state index in [4.69, 9.17) is 56.8 Å². The van der Waals surface area contributed by atoms with Gasteiger partial charge in [-0.15, -0.1) is 0 Å². The zero-order valence-electron chi connectivity index (χ0n) is 41.6. The first-order chi connectivity index (χ1) is 33.5. The molecule has 2 aliphatic heterocycles. The molecule has 0 spiro atoms. The van der Waals surface area contributed by atoms with Gasteiger partial charge in [0, 0.05) is 63.5 Å². The molecule has 2 heterocycles. The predicted octanol–water partition coefficient (Wildman–Crippen LogP) is 5.04. The summed E-state index contributed by atoms with van der Waals surface area (Å²) < 4.78 is 68.2. The first-order valence-corrected chi connectivity index (χ1v) is 24.4. The van der Waals surface area contributed by atoms with Gasteiger partial charge in [-0.1, -0.05) is 55.4 Å². The van der Waals surface area contributed by atoms with Crippen LogP contribution in [-0.2, 0) is 105 Å². The second kappa shape index (κ2) is 33.0. The molecule has 0 aliphatic carbocycles. The van der Waals surface area contributed by atoms with E-state index in [1.165, 1.54) is 0 Å². The van der Waals surface area contributed by atoms with Crippen molar-refractivity contribution in [3.63, 3.8) is 0 Å². The van der Waals surface area contributed by atoms with Crippen molar-refractivity contribution in [2.24, 2.45) is 0 Å². The predicted molar refractivity (Wildman–Crippen MR) is 239 cm³/mol. The molecular formula is C48H72O22. The van der Waals surface area contributed by atoms with E-state index in [0.717, 1.165) is 0 Å². The average Bonchev–Trinajstić information content (AvgIpc) is 3.29. The Labute approximate surface area is 408 Å². The number of hydrogen-bond acceptors (Lipinski definition) is 22. The van der Waals surface area contributed by atoms with E-state index in [9.17, 15) is 47.9 Å². The lowest BCUT2D eigenvalue weighted by molar-refractivity contribution is -0.300. The Kier molecular flexibility index (Phi) is 28.5. The molecule has 0 unspecified atom stereocenters. The standard InChI is InChI=1S/C48H72O22/c1-9-17-31(49)59-27-29-41(63-33(51)19-11-3)43(65-35(53)21-13-5)45(67-37(55)23-15-7)47(61-29)69-39(57)25-26-40(58)70-48-46(68-38(56)24-16-8)44(66-36(54)22-14-6)42(64-34(52)20-12-4)30(62-48)28-60-32(50)18-10-2/h25-26,29-30,41-48H,9-24,27-28H2,1-8H3/b26-25+/t29-,30-,41-,42-,43+,44+,45+,46+,47-,48-/m1/s1. The van der Waals surface area contributed by atoms with Gasteiger partial charge in [0.2, 0.25) is 24.8 Å². The van der Waals surface area contributed by atoms with Crippen LogP contribution in [0.4, 0.5) is 0 Å². The fraction of sp³-hybridized carbons (Fsp3) is 0.750. The number of esters is 10. The van der Waals surface area contributed by atoms with Crippen LogP contribution in [0.2, 0.25) is 0 Å². The van der Waals surface area contributed by atoms with Crippen molar-refractivity contribution in [1.29, 1.82) is 0 Å². The summed E-state index contributed by atoms with van der Waals surface area (Å²) in [4.78, 5) is 130. The Morgan fingerprint density at radius 3 is 0.800 bits per heavy atom. The van der Waals surface area contributed by atoms with Crippen LogP contribution in [-0.4, -0.2) is 134 Å². The Balaban J connectivity index is 2.63. The molecule has 0 saturated carbocycles. The van der Waals surface area contributed by atoms with Gasteiger partial charge in [-0.25, -0.2) is 9.59 Å². The summed E-state index contributed by atoms with van der Waals surface area (Å²) >= 11 is 0. The monoisotopic (exact) mass is 1000 g/mol. The molecular weight excluding hydrogens is 929 g/mol. The van der Waals surface area contributed by atoms with E-state index in [1.54, 1.807) is 55.4 Å². The summed E-state index contributed by atoms with van der Waals surface area (Å²) in [5, 5.41) is 0. The number of hydrogen-bond donors (Lipinski definition) is 0. The minimum absolute atomic E-state index is 0.0109. The fourth-order valence-electron chi connectivity index (χ4n) is 6.85. The molecule has 0 aromatic heterocycles. The summed E-state index contributed by atoms with van der Waals surface area (Å²) in [5.74, 6) is -8.72. The van der Waals surface area contributed by atoms with Crippen molar-refractivity contribution in [3.05, 3.63) is 12.2 Å². The smallest absolute Gasteiger partial charge is 0.333 e. The molecule has 70 heavy (non-hydrogen) atoms. The summed E-state index contributed by atoms with van der Waals surface area (Å²) in [6.45, 7) is 12.5. The first-order valence-electron chi connectivity index (χ1n) is 24.4. The lowest BCUT2D eigenvalue weighted by Gasteiger charge is -2.44. The molecule has 396 valence electrons. The minimum atomic E-state index is -1.93. The molecule has 0 amide bonds. The van der Waals surface area contributed by atoms with Crippen molar-refractivity contribution in [2.75, 3.05) is 13.2 Å². The SMILES string of the molecule is CCCC(=O)OC[C@H]1O[C@H](OC(=O)/C=C/C(=O)O[C@H]2O[C@H](COC(=O)CCC)[C@@H](OC(=O)CCC)[C@H](OC(=O)CCC)[C@@H]2OC(=O)CCC)[C@@H](OC(=O)CCC)[C@@H](OC(=O)CCC)[C@@H]1OC(=O)CCC. The second-order valence-corrected chi connectivity index (χ2v) is 16.4. The third-order valence-corrected chi connectivity index (χ3v) is 10.1. The minimum Gasteiger partial charge on any atom is -0.463 e. The van der Waals surface area contributed by atoms with Crippen LogP contribution in [0.15, 0.2) is 12.2 Å². The van der Waals surface area contributed by atoms with Gasteiger partial charge in [0.1, 0.15) is 25.4 Å². The van der Waals surface area contributed by atoms with Crippen LogP contribution in [0.5, 0.6) is 0 Å². The van der Waals surface area contributed by atoms with Crippen molar-refractivity contribution in [2.45, 2.75) is 220 Å². The van der Waals surface area contributed by atoms with Gasteiger partial charge in [0.25, 0.3) is 0 Å². The van der Waals surface area contributed by atoms with Gasteiger partial charge >= 0.3 is 59.7 Å². The maximum Gasteiger partial charge on any atom is 0.333 e. The third-order valence-electron chi connectivity index (χ3n) is 10.1. The van der Waals surface area contributed by atoms with Gasteiger partial charge in [-0.2, -0.15) is 0 Å². The molecule has 22 heteroatoms. The van der Waals surface area contributed by atoms with E-state index in [0.29, 0.717) is 63.5 Å². The average molecular weight is 1000 g/mol. The van der Waals surface area contributed by atoms with E-state index < -0.39 is 134 Å².